The van der Waals surface area contributed by atoms with Crippen molar-refractivity contribution in [3.63, 3.8) is 0 Å². The lowest BCUT2D eigenvalue weighted by Gasteiger charge is -2.15. The molecule has 0 unspecified atom stereocenters. The van der Waals surface area contributed by atoms with Gasteiger partial charge in [-0.25, -0.2) is 4.39 Å². The summed E-state index contributed by atoms with van der Waals surface area (Å²) in [5.41, 5.74) is 3.08. The van der Waals surface area contributed by atoms with Crippen molar-refractivity contribution < 1.29 is 9.13 Å². The highest BCUT2D eigenvalue weighted by Crippen LogP contribution is 2.29. The Labute approximate surface area is 203 Å². The highest BCUT2D eigenvalue weighted by Gasteiger charge is 2.10. The zero-order valence-corrected chi connectivity index (χ0v) is 19.6. The molecule has 32 heavy (non-hydrogen) atoms. The number of hydrogen-bond acceptors (Lipinski definition) is 2. The summed E-state index contributed by atoms with van der Waals surface area (Å²) in [6.45, 7) is 1.80. The number of hydrogen-bond donors (Lipinski definition) is 1. The highest BCUT2D eigenvalue weighted by molar-refractivity contribution is 6.35. The second kappa shape index (κ2) is 11.5. The van der Waals surface area contributed by atoms with Crippen LogP contribution in [0.25, 0.3) is 10.8 Å². The van der Waals surface area contributed by atoms with Crippen LogP contribution in [-0.2, 0) is 19.6 Å². The Morgan fingerprint density at radius 2 is 1.66 bits per heavy atom. The van der Waals surface area contributed by atoms with Crippen molar-refractivity contribution in [1.82, 2.24) is 5.32 Å². The molecule has 0 bridgehead atoms. The van der Waals surface area contributed by atoms with E-state index in [0.717, 1.165) is 46.2 Å². The molecule has 1 N–H and O–H groups in total. The molecule has 4 aromatic carbocycles. The Bertz CT molecular complexity index is 1180. The molecule has 0 heterocycles. The minimum atomic E-state index is -0.250. The number of benzene rings is 4. The van der Waals surface area contributed by atoms with Crippen LogP contribution in [0, 0.1) is 5.82 Å². The fourth-order valence-corrected chi connectivity index (χ4v) is 4.04. The van der Waals surface area contributed by atoms with Crippen molar-refractivity contribution in [3.05, 3.63) is 111 Å². The van der Waals surface area contributed by atoms with Crippen LogP contribution in [0.1, 0.15) is 16.7 Å². The predicted molar refractivity (Wildman–Crippen MR) is 134 cm³/mol. The molecule has 0 radical (unpaired) electrons. The van der Waals surface area contributed by atoms with E-state index in [4.69, 9.17) is 27.9 Å². The maximum atomic E-state index is 13.2. The van der Waals surface area contributed by atoms with Gasteiger partial charge in [-0.2, -0.15) is 0 Å². The summed E-state index contributed by atoms with van der Waals surface area (Å²) < 4.78 is 19.3. The quantitative estimate of drug-likeness (QED) is 0.256. The molecule has 0 atom stereocenters. The van der Waals surface area contributed by atoms with E-state index < -0.39 is 0 Å². The van der Waals surface area contributed by atoms with Crippen molar-refractivity contribution in [3.8, 4) is 5.75 Å². The predicted octanol–water partition coefficient (Wildman–Crippen LogP) is 7.62. The van der Waals surface area contributed by atoms with Crippen LogP contribution in [0.3, 0.4) is 0 Å². The zero-order chi connectivity index (χ0) is 21.6. The first-order chi connectivity index (χ1) is 15.1. The molecule has 0 saturated heterocycles. The fourth-order valence-electron chi connectivity index (χ4n) is 3.54. The molecule has 0 aromatic heterocycles. The Hall–Kier alpha value is -2.30. The number of nitrogens with one attached hydrogen (secondary N) is 1. The van der Waals surface area contributed by atoms with Crippen LogP contribution < -0.4 is 10.1 Å². The van der Waals surface area contributed by atoms with E-state index in [1.807, 2.05) is 30.3 Å². The molecule has 4 aromatic rings. The highest BCUT2D eigenvalue weighted by atomic mass is 35.5. The van der Waals surface area contributed by atoms with Crippen LogP contribution >= 0.6 is 35.6 Å². The van der Waals surface area contributed by atoms with Gasteiger partial charge in [0.15, 0.2) is 0 Å². The molecule has 0 fully saturated rings. The van der Waals surface area contributed by atoms with Gasteiger partial charge in [0, 0.05) is 22.2 Å². The number of ether oxygens (including phenoxy) is 1. The Morgan fingerprint density at radius 1 is 0.875 bits per heavy atom. The summed E-state index contributed by atoms with van der Waals surface area (Å²) in [6.07, 6.45) is 0.798. The molecule has 0 aliphatic rings. The third-order valence-electron chi connectivity index (χ3n) is 5.19. The second-order valence-electron chi connectivity index (χ2n) is 7.34. The molecule has 0 spiro atoms. The van der Waals surface area contributed by atoms with Gasteiger partial charge in [-0.15, -0.1) is 12.4 Å². The van der Waals surface area contributed by atoms with E-state index in [2.05, 4.69) is 23.5 Å². The van der Waals surface area contributed by atoms with E-state index in [1.165, 1.54) is 12.1 Å². The van der Waals surface area contributed by atoms with Gasteiger partial charge in [-0.1, -0.05) is 71.7 Å². The topological polar surface area (TPSA) is 21.3 Å². The smallest absolute Gasteiger partial charge is 0.124 e. The third kappa shape index (κ3) is 6.14. The van der Waals surface area contributed by atoms with E-state index in [9.17, 15) is 4.39 Å². The van der Waals surface area contributed by atoms with Gasteiger partial charge < -0.3 is 10.1 Å². The molecule has 0 aliphatic carbocycles. The first-order valence-corrected chi connectivity index (χ1v) is 10.9. The van der Waals surface area contributed by atoms with E-state index in [0.29, 0.717) is 23.2 Å². The summed E-state index contributed by atoms with van der Waals surface area (Å²) in [6, 6.07) is 24.3. The van der Waals surface area contributed by atoms with Crippen molar-refractivity contribution in [2.24, 2.45) is 0 Å². The van der Waals surface area contributed by atoms with Gasteiger partial charge >= 0.3 is 0 Å². The van der Waals surface area contributed by atoms with Gasteiger partial charge in [-0.05, 0) is 65.2 Å². The van der Waals surface area contributed by atoms with Crippen LogP contribution in [0.2, 0.25) is 10.0 Å². The molecule has 4 rings (SSSR count). The maximum Gasteiger partial charge on any atom is 0.124 e. The van der Waals surface area contributed by atoms with Crippen LogP contribution in [0.4, 0.5) is 4.39 Å². The lowest BCUT2D eigenvalue weighted by atomic mass is 10.0. The van der Waals surface area contributed by atoms with Gasteiger partial charge in [-0.3, -0.25) is 0 Å². The largest absolute Gasteiger partial charge is 0.489 e. The number of halogens is 4. The van der Waals surface area contributed by atoms with E-state index in [-0.39, 0.29) is 18.2 Å². The normalized spacial score (nSPS) is 10.7. The van der Waals surface area contributed by atoms with E-state index in [1.54, 1.807) is 18.2 Å². The van der Waals surface area contributed by atoms with Gasteiger partial charge in [0.25, 0.3) is 0 Å². The minimum Gasteiger partial charge on any atom is -0.489 e. The van der Waals surface area contributed by atoms with Crippen LogP contribution in [0.5, 0.6) is 5.75 Å². The average Bonchev–Trinajstić information content (AvgIpc) is 2.78. The monoisotopic (exact) mass is 489 g/mol. The molecule has 2 nitrogen and oxygen atoms in total. The SMILES string of the molecule is Cl.Fc1ccc(COc2ccc3ccccc3c2CNCCc2ccc(Cl)cc2Cl)cc1. The first kappa shape index (κ1) is 24.3. The molecule has 166 valence electrons. The lowest BCUT2D eigenvalue weighted by Crippen LogP contribution is -2.17. The summed E-state index contributed by atoms with van der Waals surface area (Å²) in [4.78, 5) is 0. The number of fused-ring (bicyclic) bond motifs is 1. The number of rotatable bonds is 8. The Kier molecular flexibility index (Phi) is 8.77. The van der Waals surface area contributed by atoms with Crippen molar-refractivity contribution in [2.45, 2.75) is 19.6 Å². The third-order valence-corrected chi connectivity index (χ3v) is 5.78. The van der Waals surface area contributed by atoms with Crippen molar-refractivity contribution >= 4 is 46.4 Å². The van der Waals surface area contributed by atoms with Crippen molar-refractivity contribution in [1.29, 1.82) is 0 Å². The first-order valence-electron chi connectivity index (χ1n) is 10.1. The second-order valence-corrected chi connectivity index (χ2v) is 8.18. The van der Waals surface area contributed by atoms with Crippen LogP contribution in [-0.4, -0.2) is 6.54 Å². The Morgan fingerprint density at radius 3 is 2.44 bits per heavy atom. The summed E-state index contributed by atoms with van der Waals surface area (Å²) in [5, 5.41) is 7.14. The van der Waals surface area contributed by atoms with Gasteiger partial charge in [0.05, 0.1) is 0 Å². The van der Waals surface area contributed by atoms with E-state index >= 15 is 0 Å². The molecular weight excluding hydrogens is 468 g/mol. The van der Waals surface area contributed by atoms with Gasteiger partial charge in [0.1, 0.15) is 18.2 Å². The Balaban J connectivity index is 0.00000289. The van der Waals surface area contributed by atoms with Gasteiger partial charge in [0.2, 0.25) is 0 Å². The molecule has 0 aliphatic heterocycles. The minimum absolute atomic E-state index is 0. The molecule has 0 saturated carbocycles. The standard InChI is InChI=1S/C26H22Cl2FNO.ClH/c27-21-9-7-20(25(28)15-21)13-14-30-16-24-23-4-2-1-3-19(23)8-12-26(24)31-17-18-5-10-22(29)11-6-18;/h1-12,15,30H,13-14,16-17H2;1H. The average molecular weight is 491 g/mol. The summed E-state index contributed by atoms with van der Waals surface area (Å²) in [7, 11) is 0. The zero-order valence-electron chi connectivity index (χ0n) is 17.3. The molecule has 6 heteroatoms. The lowest BCUT2D eigenvalue weighted by molar-refractivity contribution is 0.302. The molecular formula is C26H23Cl3FNO. The molecule has 0 amide bonds. The van der Waals surface area contributed by atoms with Crippen molar-refractivity contribution in [2.75, 3.05) is 6.54 Å². The maximum absolute atomic E-state index is 13.2. The summed E-state index contributed by atoms with van der Waals surface area (Å²) >= 11 is 12.3. The van der Waals surface area contributed by atoms with Crippen LogP contribution in [0.15, 0.2) is 78.9 Å². The summed E-state index contributed by atoms with van der Waals surface area (Å²) in [5.74, 6) is 0.570. The fraction of sp³-hybridized carbons (Fsp3) is 0.154.